The van der Waals surface area contributed by atoms with E-state index in [0.717, 1.165) is 38.8 Å². The first kappa shape index (κ1) is 13.5. The van der Waals surface area contributed by atoms with Crippen LogP contribution >= 0.6 is 0 Å². The average molecular weight is 228 g/mol. The van der Waals surface area contributed by atoms with Crippen LogP contribution in [0, 0.1) is 0 Å². The highest BCUT2D eigenvalue weighted by atomic mass is 16.3. The topological polar surface area (TPSA) is 52.6 Å². The van der Waals surface area contributed by atoms with Crippen molar-refractivity contribution < 1.29 is 9.90 Å². The minimum atomic E-state index is -1.12. The van der Waals surface area contributed by atoms with Crippen molar-refractivity contribution in [1.29, 1.82) is 0 Å². The van der Waals surface area contributed by atoms with Crippen LogP contribution in [0.1, 0.15) is 39.5 Å². The van der Waals surface area contributed by atoms with Crippen molar-refractivity contribution in [3.8, 4) is 0 Å². The highest BCUT2D eigenvalue weighted by molar-refractivity contribution is 5.86. The van der Waals surface area contributed by atoms with Gasteiger partial charge in [0.2, 0.25) is 0 Å². The minimum Gasteiger partial charge on any atom is -0.377 e. The van der Waals surface area contributed by atoms with E-state index in [9.17, 15) is 9.90 Å². The SMILES string of the molecule is CCCCCN(CCC)C(=O)C1(O)CNC1. The Balaban J connectivity index is 2.44. The number of carbonyl (C=O) groups is 1. The summed E-state index contributed by atoms with van der Waals surface area (Å²) in [6.07, 6.45) is 4.28. The molecule has 0 atom stereocenters. The molecule has 1 saturated heterocycles. The molecule has 0 aromatic heterocycles. The molecule has 4 nitrogen and oxygen atoms in total. The Morgan fingerprint density at radius 1 is 1.25 bits per heavy atom. The molecule has 1 fully saturated rings. The molecule has 1 aliphatic rings. The number of amides is 1. The summed E-state index contributed by atoms with van der Waals surface area (Å²) < 4.78 is 0. The van der Waals surface area contributed by atoms with Gasteiger partial charge in [0.05, 0.1) is 0 Å². The van der Waals surface area contributed by atoms with Crippen molar-refractivity contribution in [2.75, 3.05) is 26.2 Å². The second-order valence-electron chi connectivity index (χ2n) is 4.63. The van der Waals surface area contributed by atoms with E-state index < -0.39 is 5.60 Å². The quantitative estimate of drug-likeness (QED) is 0.632. The zero-order valence-electron chi connectivity index (χ0n) is 10.5. The highest BCUT2D eigenvalue weighted by Crippen LogP contribution is 2.15. The lowest BCUT2D eigenvalue weighted by molar-refractivity contribution is -0.156. The molecule has 0 unspecified atom stereocenters. The fourth-order valence-electron chi connectivity index (χ4n) is 1.94. The van der Waals surface area contributed by atoms with Crippen LogP contribution in [-0.2, 0) is 4.79 Å². The Hall–Kier alpha value is -0.610. The van der Waals surface area contributed by atoms with Crippen LogP contribution in [-0.4, -0.2) is 47.7 Å². The molecule has 0 aromatic carbocycles. The van der Waals surface area contributed by atoms with E-state index in [1.807, 2.05) is 4.90 Å². The number of rotatable bonds is 7. The summed E-state index contributed by atoms with van der Waals surface area (Å²) in [6.45, 7) is 6.55. The van der Waals surface area contributed by atoms with Gasteiger partial charge in [0.25, 0.3) is 5.91 Å². The first-order valence-electron chi connectivity index (χ1n) is 6.36. The van der Waals surface area contributed by atoms with E-state index in [4.69, 9.17) is 0 Å². The Morgan fingerprint density at radius 2 is 1.94 bits per heavy atom. The van der Waals surface area contributed by atoms with Crippen molar-refractivity contribution in [2.45, 2.75) is 45.1 Å². The molecular weight excluding hydrogens is 204 g/mol. The van der Waals surface area contributed by atoms with Crippen molar-refractivity contribution >= 4 is 5.91 Å². The van der Waals surface area contributed by atoms with Gasteiger partial charge in [-0.05, 0) is 12.8 Å². The molecule has 1 amide bonds. The summed E-state index contributed by atoms with van der Waals surface area (Å²) in [4.78, 5) is 13.9. The third kappa shape index (κ3) is 3.19. The van der Waals surface area contributed by atoms with Crippen molar-refractivity contribution in [2.24, 2.45) is 0 Å². The van der Waals surface area contributed by atoms with Gasteiger partial charge in [0.15, 0.2) is 5.60 Å². The maximum absolute atomic E-state index is 12.1. The van der Waals surface area contributed by atoms with Gasteiger partial charge in [-0.1, -0.05) is 26.7 Å². The molecular formula is C12H24N2O2. The lowest BCUT2D eigenvalue weighted by Gasteiger charge is -2.39. The maximum Gasteiger partial charge on any atom is 0.257 e. The van der Waals surface area contributed by atoms with Gasteiger partial charge in [0.1, 0.15) is 0 Å². The van der Waals surface area contributed by atoms with Gasteiger partial charge in [-0.15, -0.1) is 0 Å². The third-order valence-electron chi connectivity index (χ3n) is 3.05. The first-order chi connectivity index (χ1) is 7.64. The molecule has 0 aromatic rings. The number of nitrogens with zero attached hydrogens (tertiary/aromatic N) is 1. The number of β-amino-alcohol motifs (C(OH)–C–C–N with tert-alkyl or cyclic N) is 1. The summed E-state index contributed by atoms with van der Waals surface area (Å²) in [5.74, 6) is -0.0933. The number of unbranched alkanes of at least 4 members (excludes halogenated alkanes) is 2. The third-order valence-corrected chi connectivity index (χ3v) is 3.05. The predicted octanol–water partition coefficient (Wildman–Crippen LogP) is 0.749. The summed E-state index contributed by atoms with van der Waals surface area (Å²) in [5.41, 5.74) is -1.12. The number of nitrogens with one attached hydrogen (secondary N) is 1. The average Bonchev–Trinajstić information content (AvgIpc) is 2.24. The fraction of sp³-hybridized carbons (Fsp3) is 0.917. The van der Waals surface area contributed by atoms with Crippen LogP contribution in [0.15, 0.2) is 0 Å². The van der Waals surface area contributed by atoms with Crippen LogP contribution in [0.2, 0.25) is 0 Å². The Labute approximate surface area is 98.0 Å². The molecule has 2 N–H and O–H groups in total. The van der Waals surface area contributed by atoms with Gasteiger partial charge >= 0.3 is 0 Å². The van der Waals surface area contributed by atoms with Crippen LogP contribution in [0.3, 0.4) is 0 Å². The van der Waals surface area contributed by atoms with Gasteiger partial charge in [-0.25, -0.2) is 0 Å². The highest BCUT2D eigenvalue weighted by Gasteiger charge is 2.44. The molecule has 0 aliphatic carbocycles. The number of aliphatic hydroxyl groups is 1. The molecule has 16 heavy (non-hydrogen) atoms. The van der Waals surface area contributed by atoms with Crippen molar-refractivity contribution in [1.82, 2.24) is 10.2 Å². The Kier molecular flexibility index (Phi) is 5.22. The Morgan fingerprint density at radius 3 is 2.38 bits per heavy atom. The molecule has 0 spiro atoms. The van der Waals surface area contributed by atoms with Gasteiger partial charge in [-0.3, -0.25) is 4.79 Å². The minimum absolute atomic E-state index is 0.0933. The number of carbonyl (C=O) groups excluding carboxylic acids is 1. The summed E-state index contributed by atoms with van der Waals surface area (Å²) in [7, 11) is 0. The second-order valence-corrected chi connectivity index (χ2v) is 4.63. The number of hydrogen-bond acceptors (Lipinski definition) is 3. The van der Waals surface area contributed by atoms with Crippen LogP contribution in [0.4, 0.5) is 0 Å². The summed E-state index contributed by atoms with van der Waals surface area (Å²) in [6, 6.07) is 0. The van der Waals surface area contributed by atoms with Gasteiger partial charge in [-0.2, -0.15) is 0 Å². The van der Waals surface area contributed by atoms with Crippen molar-refractivity contribution in [3.05, 3.63) is 0 Å². The monoisotopic (exact) mass is 228 g/mol. The first-order valence-corrected chi connectivity index (χ1v) is 6.36. The zero-order valence-corrected chi connectivity index (χ0v) is 10.5. The molecule has 1 aliphatic heterocycles. The van der Waals surface area contributed by atoms with Crippen LogP contribution in [0.25, 0.3) is 0 Å². The lowest BCUT2D eigenvalue weighted by Crippen LogP contribution is -2.67. The molecule has 0 saturated carbocycles. The maximum atomic E-state index is 12.1. The van der Waals surface area contributed by atoms with E-state index in [-0.39, 0.29) is 5.91 Å². The van der Waals surface area contributed by atoms with Gasteiger partial charge < -0.3 is 15.3 Å². The van der Waals surface area contributed by atoms with Crippen LogP contribution < -0.4 is 5.32 Å². The van der Waals surface area contributed by atoms with E-state index in [2.05, 4.69) is 19.2 Å². The van der Waals surface area contributed by atoms with Gasteiger partial charge in [0, 0.05) is 26.2 Å². The van der Waals surface area contributed by atoms with Crippen LogP contribution in [0.5, 0.6) is 0 Å². The van der Waals surface area contributed by atoms with E-state index in [1.165, 1.54) is 0 Å². The molecule has 1 heterocycles. The standard InChI is InChI=1S/C12H24N2O2/c1-3-5-6-8-14(7-4-2)11(15)12(16)9-13-10-12/h13,16H,3-10H2,1-2H3. The fourth-order valence-corrected chi connectivity index (χ4v) is 1.94. The molecule has 0 bridgehead atoms. The summed E-state index contributed by atoms with van der Waals surface area (Å²) in [5, 5.41) is 12.9. The lowest BCUT2D eigenvalue weighted by atomic mass is 9.95. The van der Waals surface area contributed by atoms with Crippen molar-refractivity contribution in [3.63, 3.8) is 0 Å². The smallest absolute Gasteiger partial charge is 0.257 e. The number of hydrogen-bond donors (Lipinski definition) is 2. The predicted molar refractivity (Wildman–Crippen MR) is 64.2 cm³/mol. The normalized spacial score (nSPS) is 17.9. The zero-order chi connectivity index (χ0) is 12.0. The summed E-state index contributed by atoms with van der Waals surface area (Å²) >= 11 is 0. The molecule has 1 rings (SSSR count). The van der Waals surface area contributed by atoms with E-state index in [0.29, 0.717) is 13.1 Å². The molecule has 94 valence electrons. The largest absolute Gasteiger partial charge is 0.377 e. The van der Waals surface area contributed by atoms with E-state index in [1.54, 1.807) is 0 Å². The van der Waals surface area contributed by atoms with E-state index >= 15 is 0 Å². The Bertz CT molecular complexity index is 227. The second kappa shape index (κ2) is 6.21. The molecule has 0 radical (unpaired) electrons. The molecule has 4 heteroatoms.